The predicted molar refractivity (Wildman–Crippen MR) is 99.0 cm³/mol. The van der Waals surface area contributed by atoms with Gasteiger partial charge in [0.2, 0.25) is 5.91 Å². The van der Waals surface area contributed by atoms with Crippen LogP contribution in [-0.2, 0) is 4.79 Å². The van der Waals surface area contributed by atoms with Gasteiger partial charge >= 0.3 is 0 Å². The molecule has 0 bridgehead atoms. The molecule has 2 aromatic heterocycles. The summed E-state index contributed by atoms with van der Waals surface area (Å²) in [5.74, 6) is 0.933. The van der Waals surface area contributed by atoms with Crippen molar-refractivity contribution in [3.63, 3.8) is 0 Å². The Hall–Kier alpha value is -2.41. The minimum atomic E-state index is -0.106. The molecule has 1 aliphatic rings. The van der Waals surface area contributed by atoms with Crippen LogP contribution in [0.2, 0.25) is 0 Å². The number of hydrogen-bond donors (Lipinski definition) is 1. The van der Waals surface area contributed by atoms with Crippen LogP contribution in [-0.4, -0.2) is 54.4 Å². The minimum Gasteiger partial charge on any atom is -0.353 e. The molecule has 6 nitrogen and oxygen atoms in total. The van der Waals surface area contributed by atoms with E-state index in [1.54, 1.807) is 6.20 Å². The van der Waals surface area contributed by atoms with Gasteiger partial charge in [-0.25, -0.2) is 4.98 Å². The van der Waals surface area contributed by atoms with Crippen LogP contribution < -0.4 is 10.2 Å². The first-order valence-electron chi connectivity index (χ1n) is 8.42. The number of thiophene rings is 1. The maximum atomic E-state index is 12.3. The fourth-order valence-corrected chi connectivity index (χ4v) is 3.59. The first-order valence-corrected chi connectivity index (χ1v) is 9.23. The van der Waals surface area contributed by atoms with Gasteiger partial charge in [-0.1, -0.05) is 6.07 Å². The lowest BCUT2D eigenvalue weighted by Crippen LogP contribution is -2.49. The molecule has 0 aromatic carbocycles. The fourth-order valence-electron chi connectivity index (χ4n) is 2.81. The highest BCUT2D eigenvalue weighted by Gasteiger charge is 2.21. The number of nitrogens with one attached hydrogen (secondary N) is 1. The van der Waals surface area contributed by atoms with E-state index in [2.05, 4.69) is 15.2 Å². The monoisotopic (exact) mass is 358 g/mol. The molecule has 3 heterocycles. The Morgan fingerprint density at radius 3 is 2.60 bits per heavy atom. The molecular formula is C18H22N4O2S. The predicted octanol–water partition coefficient (Wildman–Crippen LogP) is 1.92. The molecule has 0 unspecified atom stereocenters. The van der Waals surface area contributed by atoms with Crippen LogP contribution in [0, 0.1) is 6.92 Å². The average molecular weight is 358 g/mol. The van der Waals surface area contributed by atoms with Crippen molar-refractivity contribution in [2.45, 2.75) is 13.3 Å². The number of carbonyl (C=O) groups excluding carboxylic acids is 2. The fraction of sp³-hybridized carbons (Fsp3) is 0.389. The number of hydrogen-bond acceptors (Lipinski definition) is 5. The standard InChI is InChI=1S/C18H22N4O2S/c1-14-5-6-15(25-14)18(24)20-9-7-17(23)22-12-10-21(11-13-22)16-4-2-3-8-19-16/h2-6,8H,7,9-13H2,1H3,(H,20,24). The molecule has 3 rings (SSSR count). The molecule has 0 radical (unpaired) electrons. The van der Waals surface area contributed by atoms with Gasteiger partial charge in [-0.05, 0) is 31.2 Å². The van der Waals surface area contributed by atoms with E-state index in [9.17, 15) is 9.59 Å². The number of piperazine rings is 1. The van der Waals surface area contributed by atoms with Gasteiger partial charge in [-0.2, -0.15) is 0 Å². The van der Waals surface area contributed by atoms with Crippen molar-refractivity contribution >= 4 is 29.0 Å². The quantitative estimate of drug-likeness (QED) is 0.887. The molecule has 1 fully saturated rings. The molecule has 1 N–H and O–H groups in total. The van der Waals surface area contributed by atoms with Crippen LogP contribution in [0.15, 0.2) is 36.5 Å². The van der Waals surface area contributed by atoms with E-state index in [4.69, 9.17) is 0 Å². The summed E-state index contributed by atoms with van der Waals surface area (Å²) >= 11 is 1.46. The Kier molecular flexibility index (Phi) is 5.65. The number of rotatable bonds is 5. The third-order valence-corrected chi connectivity index (χ3v) is 5.19. The summed E-state index contributed by atoms with van der Waals surface area (Å²) < 4.78 is 0. The van der Waals surface area contributed by atoms with Crippen molar-refractivity contribution in [3.05, 3.63) is 46.3 Å². The summed E-state index contributed by atoms with van der Waals surface area (Å²) in [6.07, 6.45) is 2.12. The van der Waals surface area contributed by atoms with Crippen LogP contribution in [0.5, 0.6) is 0 Å². The van der Waals surface area contributed by atoms with E-state index in [-0.39, 0.29) is 11.8 Å². The van der Waals surface area contributed by atoms with E-state index in [1.165, 1.54) is 11.3 Å². The van der Waals surface area contributed by atoms with E-state index in [0.29, 0.717) is 30.9 Å². The summed E-state index contributed by atoms with van der Waals surface area (Å²) in [6.45, 7) is 5.28. The lowest BCUT2D eigenvalue weighted by Gasteiger charge is -2.35. The van der Waals surface area contributed by atoms with Gasteiger partial charge in [0, 0.05) is 50.2 Å². The second kappa shape index (κ2) is 8.11. The van der Waals surface area contributed by atoms with Crippen molar-refractivity contribution < 1.29 is 9.59 Å². The average Bonchev–Trinajstić information content (AvgIpc) is 3.09. The highest BCUT2D eigenvalue weighted by Crippen LogP contribution is 2.15. The van der Waals surface area contributed by atoms with Gasteiger partial charge < -0.3 is 15.1 Å². The first kappa shape index (κ1) is 17.4. The molecule has 7 heteroatoms. The molecule has 2 amide bonds. The van der Waals surface area contributed by atoms with Gasteiger partial charge in [-0.15, -0.1) is 11.3 Å². The number of aryl methyl sites for hydroxylation is 1. The number of aromatic nitrogens is 1. The first-order chi connectivity index (χ1) is 12.1. The third kappa shape index (κ3) is 4.57. The molecule has 2 aromatic rings. The topological polar surface area (TPSA) is 65.5 Å². The number of amides is 2. The zero-order valence-electron chi connectivity index (χ0n) is 14.3. The van der Waals surface area contributed by atoms with Crippen LogP contribution in [0.1, 0.15) is 21.0 Å². The minimum absolute atomic E-state index is 0.0864. The summed E-state index contributed by atoms with van der Waals surface area (Å²) in [6, 6.07) is 9.59. The Morgan fingerprint density at radius 2 is 1.96 bits per heavy atom. The Morgan fingerprint density at radius 1 is 1.16 bits per heavy atom. The highest BCUT2D eigenvalue weighted by atomic mass is 32.1. The van der Waals surface area contributed by atoms with Gasteiger partial charge in [0.15, 0.2) is 0 Å². The molecule has 0 spiro atoms. The summed E-state index contributed by atoms with van der Waals surface area (Å²) in [4.78, 5) is 34.5. The lowest BCUT2D eigenvalue weighted by atomic mass is 10.2. The van der Waals surface area contributed by atoms with Crippen LogP contribution in [0.4, 0.5) is 5.82 Å². The number of nitrogens with zero attached hydrogens (tertiary/aromatic N) is 3. The molecule has 25 heavy (non-hydrogen) atoms. The Balaban J connectivity index is 1.40. The summed E-state index contributed by atoms with van der Waals surface area (Å²) in [5, 5.41) is 2.82. The van der Waals surface area contributed by atoms with E-state index in [0.717, 1.165) is 23.8 Å². The maximum absolute atomic E-state index is 12.3. The zero-order valence-corrected chi connectivity index (χ0v) is 15.1. The Labute approximate surface area is 151 Å². The van der Waals surface area contributed by atoms with E-state index >= 15 is 0 Å². The molecule has 0 aliphatic carbocycles. The molecule has 0 saturated carbocycles. The van der Waals surface area contributed by atoms with Gasteiger partial charge in [0.25, 0.3) is 5.91 Å². The molecule has 0 atom stereocenters. The molecule has 132 valence electrons. The van der Waals surface area contributed by atoms with Crippen molar-refractivity contribution in [2.24, 2.45) is 0 Å². The summed E-state index contributed by atoms with van der Waals surface area (Å²) in [5.41, 5.74) is 0. The number of carbonyl (C=O) groups is 2. The largest absolute Gasteiger partial charge is 0.353 e. The van der Waals surface area contributed by atoms with Crippen LogP contribution >= 0.6 is 11.3 Å². The van der Waals surface area contributed by atoms with E-state index < -0.39 is 0 Å². The normalized spacial score (nSPS) is 14.4. The Bertz CT molecular complexity index is 724. The SMILES string of the molecule is Cc1ccc(C(=O)NCCC(=O)N2CCN(c3ccccn3)CC2)s1. The maximum Gasteiger partial charge on any atom is 0.261 e. The van der Waals surface area contributed by atoms with E-state index in [1.807, 2.05) is 42.2 Å². The number of pyridine rings is 1. The van der Waals surface area contributed by atoms with Crippen LogP contribution in [0.3, 0.4) is 0 Å². The molecule has 1 aliphatic heterocycles. The van der Waals surface area contributed by atoms with Crippen molar-refractivity contribution in [1.82, 2.24) is 15.2 Å². The van der Waals surface area contributed by atoms with Crippen LogP contribution in [0.25, 0.3) is 0 Å². The zero-order chi connectivity index (χ0) is 17.6. The van der Waals surface area contributed by atoms with Crippen molar-refractivity contribution in [3.8, 4) is 0 Å². The molecular weight excluding hydrogens is 336 g/mol. The smallest absolute Gasteiger partial charge is 0.261 e. The third-order valence-electron chi connectivity index (χ3n) is 4.19. The summed E-state index contributed by atoms with van der Waals surface area (Å²) in [7, 11) is 0. The second-order valence-electron chi connectivity index (χ2n) is 5.97. The van der Waals surface area contributed by atoms with Crippen molar-refractivity contribution in [2.75, 3.05) is 37.6 Å². The lowest BCUT2D eigenvalue weighted by molar-refractivity contribution is -0.131. The van der Waals surface area contributed by atoms with Gasteiger partial charge in [0.1, 0.15) is 5.82 Å². The number of anilines is 1. The highest BCUT2D eigenvalue weighted by molar-refractivity contribution is 7.13. The second-order valence-corrected chi connectivity index (χ2v) is 7.26. The van der Waals surface area contributed by atoms with Crippen molar-refractivity contribution in [1.29, 1.82) is 0 Å². The van der Waals surface area contributed by atoms with Gasteiger partial charge in [-0.3, -0.25) is 9.59 Å². The van der Waals surface area contributed by atoms with Gasteiger partial charge in [0.05, 0.1) is 4.88 Å². The molecule has 1 saturated heterocycles.